The normalized spacial score (nSPS) is 19.3. The molecule has 4 nitrogen and oxygen atoms in total. The van der Waals surface area contributed by atoms with Gasteiger partial charge in [-0.15, -0.1) is 0 Å². The molecule has 0 fully saturated rings. The van der Waals surface area contributed by atoms with Gasteiger partial charge in [0, 0.05) is 0 Å². The van der Waals surface area contributed by atoms with E-state index in [9.17, 15) is 14.7 Å². The summed E-state index contributed by atoms with van der Waals surface area (Å²) in [6.45, 7) is 4.47. The minimum Gasteiger partial charge on any atom is -0.481 e. The van der Waals surface area contributed by atoms with Crippen LogP contribution in [0.1, 0.15) is 129 Å². The first-order valence-electron chi connectivity index (χ1n) is 13.2. The monoisotopic (exact) mass is 436 g/mol. The van der Waals surface area contributed by atoms with Gasteiger partial charge in [-0.2, -0.15) is 0 Å². The van der Waals surface area contributed by atoms with E-state index in [0.717, 1.165) is 32.1 Å². The highest BCUT2D eigenvalue weighted by Crippen LogP contribution is 2.28. The number of allylic oxidation sites excluding steroid dienone is 1. The molecule has 0 aromatic heterocycles. The number of carbonyl (C=O) groups excluding carboxylic acids is 1. The molecule has 0 saturated heterocycles. The third-order valence-electron chi connectivity index (χ3n) is 6.55. The Kier molecular flexibility index (Phi) is 16.3. The largest absolute Gasteiger partial charge is 0.481 e. The van der Waals surface area contributed by atoms with Crippen LogP contribution in [0.3, 0.4) is 0 Å². The molecule has 0 aromatic carbocycles. The molecular formula is C27H48O4. The molecule has 1 aliphatic carbocycles. The molecule has 0 aromatic rings. The van der Waals surface area contributed by atoms with E-state index >= 15 is 0 Å². The average Bonchev–Trinajstić information content (AvgIpc) is 2.77. The summed E-state index contributed by atoms with van der Waals surface area (Å²) in [6.07, 6.45) is 24.1. The Morgan fingerprint density at radius 1 is 0.839 bits per heavy atom. The van der Waals surface area contributed by atoms with Gasteiger partial charge in [-0.05, 0) is 38.5 Å². The van der Waals surface area contributed by atoms with Crippen molar-refractivity contribution < 1.29 is 19.4 Å². The van der Waals surface area contributed by atoms with E-state index in [4.69, 9.17) is 4.74 Å². The number of aliphatic carboxylic acids is 1. The molecule has 0 aliphatic heterocycles. The summed E-state index contributed by atoms with van der Waals surface area (Å²) in [4.78, 5) is 24.3. The van der Waals surface area contributed by atoms with Crippen molar-refractivity contribution in [2.75, 3.05) is 0 Å². The van der Waals surface area contributed by atoms with Gasteiger partial charge in [0.15, 0.2) is 0 Å². The zero-order chi connectivity index (χ0) is 22.7. The second kappa shape index (κ2) is 18.3. The predicted molar refractivity (Wildman–Crippen MR) is 128 cm³/mol. The third-order valence-corrected chi connectivity index (χ3v) is 6.55. The van der Waals surface area contributed by atoms with Crippen molar-refractivity contribution in [3.63, 3.8) is 0 Å². The highest BCUT2D eigenvalue weighted by Gasteiger charge is 2.35. The quantitative estimate of drug-likeness (QED) is 0.127. The smallest absolute Gasteiger partial charge is 0.313 e. The number of rotatable bonds is 19. The summed E-state index contributed by atoms with van der Waals surface area (Å²) in [5.41, 5.74) is 0. The van der Waals surface area contributed by atoms with Crippen LogP contribution in [0.15, 0.2) is 12.2 Å². The first-order chi connectivity index (χ1) is 15.1. The molecule has 1 aliphatic rings. The summed E-state index contributed by atoms with van der Waals surface area (Å²) in [5.74, 6) is -2.49. The molecule has 0 bridgehead atoms. The standard InChI is InChI=1S/C27H48O4/c1-3-5-7-9-11-12-14-16-20-23(19-15-13-10-8-6-4-2)31-27(30)25-22-18-17-21-24(25)26(28)29/h18,22-25H,3-17,19-21H2,1-2H3,(H,28,29). The van der Waals surface area contributed by atoms with E-state index < -0.39 is 17.8 Å². The van der Waals surface area contributed by atoms with Crippen LogP contribution < -0.4 is 0 Å². The number of hydrogen-bond acceptors (Lipinski definition) is 3. The van der Waals surface area contributed by atoms with Crippen LogP contribution in [0.5, 0.6) is 0 Å². The maximum absolute atomic E-state index is 12.8. The van der Waals surface area contributed by atoms with Crippen molar-refractivity contribution in [3.8, 4) is 0 Å². The zero-order valence-electron chi connectivity index (χ0n) is 20.3. The average molecular weight is 437 g/mol. The summed E-state index contributed by atoms with van der Waals surface area (Å²) >= 11 is 0. The minimum atomic E-state index is -0.887. The fourth-order valence-electron chi connectivity index (χ4n) is 4.52. The lowest BCUT2D eigenvalue weighted by atomic mass is 9.84. The van der Waals surface area contributed by atoms with E-state index in [1.165, 1.54) is 77.0 Å². The lowest BCUT2D eigenvalue weighted by Crippen LogP contribution is -2.33. The Labute approximate surface area is 191 Å². The maximum Gasteiger partial charge on any atom is 0.313 e. The number of unbranched alkanes of at least 4 members (excludes halogenated alkanes) is 12. The minimum absolute atomic E-state index is 0.0662. The second-order valence-corrected chi connectivity index (χ2v) is 9.35. The van der Waals surface area contributed by atoms with Crippen LogP contribution in [0.25, 0.3) is 0 Å². The molecule has 0 saturated carbocycles. The Hall–Kier alpha value is -1.32. The fraction of sp³-hybridized carbons (Fsp3) is 0.852. The molecule has 0 radical (unpaired) electrons. The molecule has 1 rings (SSSR count). The highest BCUT2D eigenvalue weighted by molar-refractivity contribution is 5.83. The van der Waals surface area contributed by atoms with Gasteiger partial charge in [-0.3, -0.25) is 9.59 Å². The van der Waals surface area contributed by atoms with Gasteiger partial charge in [-0.25, -0.2) is 0 Å². The van der Waals surface area contributed by atoms with Crippen molar-refractivity contribution >= 4 is 11.9 Å². The van der Waals surface area contributed by atoms with Gasteiger partial charge in [-0.1, -0.05) is 103 Å². The van der Waals surface area contributed by atoms with Crippen molar-refractivity contribution in [2.45, 2.75) is 136 Å². The molecule has 0 amide bonds. The molecule has 0 heterocycles. The van der Waals surface area contributed by atoms with Gasteiger partial charge in [0.05, 0.1) is 11.8 Å². The topological polar surface area (TPSA) is 63.6 Å². The Morgan fingerprint density at radius 2 is 1.32 bits per heavy atom. The Morgan fingerprint density at radius 3 is 1.81 bits per heavy atom. The van der Waals surface area contributed by atoms with E-state index in [1.807, 2.05) is 6.08 Å². The van der Waals surface area contributed by atoms with Crippen LogP contribution in [-0.4, -0.2) is 23.1 Å². The number of carboxylic acids is 1. The fourth-order valence-corrected chi connectivity index (χ4v) is 4.52. The SMILES string of the molecule is CCCCCCCCCCC(CCCCCCCC)OC(=O)C1C=CCCC1C(=O)O. The molecule has 0 spiro atoms. The predicted octanol–water partition coefficient (Wildman–Crippen LogP) is 7.85. The van der Waals surface area contributed by atoms with E-state index in [2.05, 4.69) is 13.8 Å². The van der Waals surface area contributed by atoms with Crippen LogP contribution >= 0.6 is 0 Å². The van der Waals surface area contributed by atoms with E-state index in [1.54, 1.807) is 6.08 Å². The van der Waals surface area contributed by atoms with Crippen molar-refractivity contribution in [1.82, 2.24) is 0 Å². The molecule has 4 heteroatoms. The number of carbonyl (C=O) groups is 2. The first-order valence-corrected chi connectivity index (χ1v) is 13.2. The lowest BCUT2D eigenvalue weighted by molar-refractivity contribution is -0.160. The van der Waals surface area contributed by atoms with Crippen LogP contribution in [0.4, 0.5) is 0 Å². The molecule has 3 atom stereocenters. The van der Waals surface area contributed by atoms with Crippen LogP contribution in [0, 0.1) is 11.8 Å². The number of ether oxygens (including phenoxy) is 1. The summed E-state index contributed by atoms with van der Waals surface area (Å²) < 4.78 is 5.90. The van der Waals surface area contributed by atoms with Gasteiger partial charge in [0.1, 0.15) is 6.10 Å². The van der Waals surface area contributed by atoms with Gasteiger partial charge in [0.2, 0.25) is 0 Å². The van der Waals surface area contributed by atoms with E-state index in [-0.39, 0.29) is 12.1 Å². The molecule has 180 valence electrons. The van der Waals surface area contributed by atoms with Gasteiger partial charge < -0.3 is 9.84 Å². The maximum atomic E-state index is 12.8. The van der Waals surface area contributed by atoms with E-state index in [0.29, 0.717) is 6.42 Å². The summed E-state index contributed by atoms with van der Waals surface area (Å²) in [6, 6.07) is 0. The molecular weight excluding hydrogens is 388 g/mol. The number of hydrogen-bond donors (Lipinski definition) is 1. The number of esters is 1. The Balaban J connectivity index is 2.44. The zero-order valence-corrected chi connectivity index (χ0v) is 20.3. The van der Waals surface area contributed by atoms with Gasteiger partial charge in [0.25, 0.3) is 0 Å². The third kappa shape index (κ3) is 13.0. The van der Waals surface area contributed by atoms with Crippen LogP contribution in [-0.2, 0) is 14.3 Å². The lowest BCUT2D eigenvalue weighted by Gasteiger charge is -2.26. The number of carboxylic acid groups (broad SMARTS) is 1. The first kappa shape index (κ1) is 27.7. The summed E-state index contributed by atoms with van der Waals surface area (Å²) in [5, 5.41) is 9.47. The molecule has 1 N–H and O–H groups in total. The van der Waals surface area contributed by atoms with Crippen molar-refractivity contribution in [2.24, 2.45) is 11.8 Å². The molecule has 31 heavy (non-hydrogen) atoms. The van der Waals surface area contributed by atoms with Crippen molar-refractivity contribution in [1.29, 1.82) is 0 Å². The van der Waals surface area contributed by atoms with Gasteiger partial charge >= 0.3 is 11.9 Å². The second-order valence-electron chi connectivity index (χ2n) is 9.35. The Bertz CT molecular complexity index is 499. The van der Waals surface area contributed by atoms with Crippen LogP contribution in [0.2, 0.25) is 0 Å². The molecule has 3 unspecified atom stereocenters. The summed E-state index contributed by atoms with van der Waals surface area (Å²) in [7, 11) is 0. The van der Waals surface area contributed by atoms with Crippen molar-refractivity contribution in [3.05, 3.63) is 12.2 Å². The highest BCUT2D eigenvalue weighted by atomic mass is 16.5.